The Labute approximate surface area is 120 Å². The van der Waals surface area contributed by atoms with Crippen molar-refractivity contribution < 1.29 is 8.42 Å². The molecule has 0 fully saturated rings. The molecule has 3 nitrogen and oxygen atoms in total. The second-order valence-corrected chi connectivity index (χ2v) is 7.36. The molecule has 0 radical (unpaired) electrons. The lowest BCUT2D eigenvalue weighted by atomic mass is 10.1. The molecular formula is C14H20ClNO2S. The van der Waals surface area contributed by atoms with Crippen LogP contribution in [0.4, 0.5) is 0 Å². The van der Waals surface area contributed by atoms with Gasteiger partial charge in [-0.25, -0.2) is 13.1 Å². The average Bonchev–Trinajstić information content (AvgIpc) is 2.85. The van der Waals surface area contributed by atoms with E-state index in [0.29, 0.717) is 17.9 Å². The molecule has 1 unspecified atom stereocenters. The van der Waals surface area contributed by atoms with Gasteiger partial charge in [-0.2, -0.15) is 0 Å². The minimum absolute atomic E-state index is 0.0303. The quantitative estimate of drug-likeness (QED) is 0.821. The van der Waals surface area contributed by atoms with Gasteiger partial charge >= 0.3 is 0 Å². The zero-order chi connectivity index (χ0) is 13.9. The van der Waals surface area contributed by atoms with Gasteiger partial charge < -0.3 is 0 Å². The summed E-state index contributed by atoms with van der Waals surface area (Å²) in [5.41, 5.74) is 2.46. The van der Waals surface area contributed by atoms with Crippen LogP contribution in [0, 0.1) is 0 Å². The zero-order valence-corrected chi connectivity index (χ0v) is 12.7. The number of aryl methyl sites for hydroxylation is 2. The largest absolute Gasteiger partial charge is 0.240 e. The summed E-state index contributed by atoms with van der Waals surface area (Å²) in [6.07, 6.45) is 4.67. The predicted octanol–water partition coefficient (Wildman–Crippen LogP) is 2.86. The minimum atomic E-state index is -3.39. The Morgan fingerprint density at radius 2 is 2.05 bits per heavy atom. The van der Waals surface area contributed by atoms with Crippen molar-refractivity contribution in [3.63, 3.8) is 0 Å². The van der Waals surface area contributed by atoms with Gasteiger partial charge in [-0.15, -0.1) is 11.6 Å². The van der Waals surface area contributed by atoms with Crippen molar-refractivity contribution in [2.45, 2.75) is 49.3 Å². The maximum absolute atomic E-state index is 12.1. The van der Waals surface area contributed by atoms with Crippen molar-refractivity contribution in [1.29, 1.82) is 0 Å². The van der Waals surface area contributed by atoms with Gasteiger partial charge in [0.2, 0.25) is 10.0 Å². The van der Waals surface area contributed by atoms with Crippen molar-refractivity contribution in [2.24, 2.45) is 0 Å². The summed E-state index contributed by atoms with van der Waals surface area (Å²) in [6.45, 7) is 2.38. The summed E-state index contributed by atoms with van der Waals surface area (Å²) in [5, 5.41) is 0.0303. The lowest BCUT2D eigenvalue weighted by Gasteiger charge is -2.10. The first-order valence-electron chi connectivity index (χ1n) is 6.78. The molecule has 1 atom stereocenters. The molecule has 0 heterocycles. The molecule has 19 heavy (non-hydrogen) atoms. The number of hydrogen-bond donors (Lipinski definition) is 1. The van der Waals surface area contributed by atoms with Gasteiger partial charge in [-0.3, -0.25) is 0 Å². The first-order chi connectivity index (χ1) is 9.03. The van der Waals surface area contributed by atoms with Crippen LogP contribution >= 0.6 is 11.6 Å². The number of hydrogen-bond acceptors (Lipinski definition) is 2. The minimum Gasteiger partial charge on any atom is -0.211 e. The number of rotatable bonds is 6. The highest BCUT2D eigenvalue weighted by Gasteiger charge is 2.18. The van der Waals surface area contributed by atoms with Gasteiger partial charge in [0.15, 0.2) is 0 Å². The first kappa shape index (κ1) is 14.8. The number of nitrogens with one attached hydrogen (secondary N) is 1. The molecule has 0 aromatic heterocycles. The van der Waals surface area contributed by atoms with E-state index < -0.39 is 10.0 Å². The third kappa shape index (κ3) is 3.71. The van der Waals surface area contributed by atoms with E-state index in [1.165, 1.54) is 11.1 Å². The second-order valence-electron chi connectivity index (χ2n) is 4.98. The van der Waals surface area contributed by atoms with E-state index in [-0.39, 0.29) is 5.38 Å². The summed E-state index contributed by atoms with van der Waals surface area (Å²) in [5.74, 6) is 0. The van der Waals surface area contributed by atoms with Crippen molar-refractivity contribution in [3.05, 3.63) is 29.3 Å². The van der Waals surface area contributed by atoms with E-state index >= 15 is 0 Å². The zero-order valence-electron chi connectivity index (χ0n) is 11.2. The summed E-state index contributed by atoms with van der Waals surface area (Å²) in [4.78, 5) is 0.371. The van der Waals surface area contributed by atoms with Gasteiger partial charge in [0.1, 0.15) is 0 Å². The van der Waals surface area contributed by atoms with Crippen LogP contribution in [0.25, 0.3) is 0 Å². The number of alkyl halides is 1. The SMILES string of the molecule is CCC(Cl)CCNS(=O)(=O)c1ccc2c(c1)CCC2. The Hall–Kier alpha value is -0.580. The van der Waals surface area contributed by atoms with Gasteiger partial charge in [-0.05, 0) is 55.4 Å². The van der Waals surface area contributed by atoms with Crippen LogP contribution in [0.3, 0.4) is 0 Å². The molecule has 0 bridgehead atoms. The fourth-order valence-corrected chi connectivity index (χ4v) is 3.56. The monoisotopic (exact) mass is 301 g/mol. The molecule has 1 aromatic carbocycles. The number of fused-ring (bicyclic) bond motifs is 1. The Bertz CT molecular complexity index is 542. The Morgan fingerprint density at radius 1 is 1.32 bits per heavy atom. The summed E-state index contributed by atoms with van der Waals surface area (Å²) >= 11 is 5.98. The Morgan fingerprint density at radius 3 is 2.79 bits per heavy atom. The normalized spacial score (nSPS) is 16.3. The lowest BCUT2D eigenvalue weighted by Crippen LogP contribution is -2.26. The van der Waals surface area contributed by atoms with E-state index in [0.717, 1.165) is 25.7 Å². The van der Waals surface area contributed by atoms with Crippen molar-refractivity contribution in [3.8, 4) is 0 Å². The highest BCUT2D eigenvalue weighted by molar-refractivity contribution is 7.89. The van der Waals surface area contributed by atoms with Gasteiger partial charge in [-0.1, -0.05) is 13.0 Å². The standard InChI is InChI=1S/C14H20ClNO2S/c1-2-13(15)8-9-16-19(17,18)14-7-6-11-4-3-5-12(11)10-14/h6-7,10,13,16H,2-5,8-9H2,1H3. The van der Waals surface area contributed by atoms with Crippen LogP contribution in [0.5, 0.6) is 0 Å². The third-order valence-corrected chi connectivity index (χ3v) is 5.56. The second kappa shape index (κ2) is 6.25. The topological polar surface area (TPSA) is 46.2 Å². The van der Waals surface area contributed by atoms with Crippen LogP contribution in [-0.4, -0.2) is 20.3 Å². The van der Waals surface area contributed by atoms with E-state index in [4.69, 9.17) is 11.6 Å². The van der Waals surface area contributed by atoms with E-state index in [9.17, 15) is 8.42 Å². The molecule has 0 aliphatic heterocycles. The van der Waals surface area contributed by atoms with E-state index in [2.05, 4.69) is 4.72 Å². The fourth-order valence-electron chi connectivity index (χ4n) is 2.35. The molecule has 0 saturated heterocycles. The molecule has 0 saturated carbocycles. The maximum atomic E-state index is 12.1. The van der Waals surface area contributed by atoms with Crippen molar-refractivity contribution >= 4 is 21.6 Å². The molecular weight excluding hydrogens is 282 g/mol. The van der Waals surface area contributed by atoms with Crippen LogP contribution in [0.15, 0.2) is 23.1 Å². The van der Waals surface area contributed by atoms with E-state index in [1.807, 2.05) is 19.1 Å². The molecule has 0 spiro atoms. The smallest absolute Gasteiger partial charge is 0.211 e. The van der Waals surface area contributed by atoms with Crippen LogP contribution < -0.4 is 4.72 Å². The van der Waals surface area contributed by atoms with Crippen LogP contribution in [0.2, 0.25) is 0 Å². The third-order valence-electron chi connectivity index (χ3n) is 3.57. The highest BCUT2D eigenvalue weighted by atomic mass is 35.5. The van der Waals surface area contributed by atoms with Gasteiger partial charge in [0.05, 0.1) is 4.90 Å². The summed E-state index contributed by atoms with van der Waals surface area (Å²) in [7, 11) is -3.39. The lowest BCUT2D eigenvalue weighted by molar-refractivity contribution is 0.576. The van der Waals surface area contributed by atoms with Gasteiger partial charge in [0.25, 0.3) is 0 Å². The average molecular weight is 302 g/mol. The van der Waals surface area contributed by atoms with Gasteiger partial charge in [0, 0.05) is 11.9 Å². The molecule has 0 amide bonds. The number of benzene rings is 1. The van der Waals surface area contributed by atoms with Crippen LogP contribution in [0.1, 0.15) is 37.3 Å². The Balaban J connectivity index is 2.03. The molecule has 106 valence electrons. The van der Waals surface area contributed by atoms with Crippen molar-refractivity contribution in [2.75, 3.05) is 6.54 Å². The maximum Gasteiger partial charge on any atom is 0.240 e. The first-order valence-corrected chi connectivity index (χ1v) is 8.70. The summed E-state index contributed by atoms with van der Waals surface area (Å²) < 4.78 is 26.9. The number of halogens is 1. The molecule has 1 aliphatic rings. The molecule has 2 rings (SSSR count). The molecule has 1 aromatic rings. The van der Waals surface area contributed by atoms with E-state index in [1.54, 1.807) is 6.07 Å². The Kier molecular flexibility index (Phi) is 4.87. The van der Waals surface area contributed by atoms with Crippen LogP contribution in [-0.2, 0) is 22.9 Å². The fraction of sp³-hybridized carbons (Fsp3) is 0.571. The summed E-state index contributed by atoms with van der Waals surface area (Å²) in [6, 6.07) is 5.44. The number of sulfonamides is 1. The predicted molar refractivity (Wildman–Crippen MR) is 78.2 cm³/mol. The highest BCUT2D eigenvalue weighted by Crippen LogP contribution is 2.24. The molecule has 1 aliphatic carbocycles. The molecule has 1 N–H and O–H groups in total. The van der Waals surface area contributed by atoms with Crippen molar-refractivity contribution in [1.82, 2.24) is 4.72 Å². The molecule has 5 heteroatoms.